The zero-order valence-corrected chi connectivity index (χ0v) is 16.0. The first-order chi connectivity index (χ1) is 11.6. The van der Waals surface area contributed by atoms with Crippen LogP contribution in [0.1, 0.15) is 40.0 Å². The van der Waals surface area contributed by atoms with E-state index < -0.39 is 8.15 Å². The second-order valence-electron chi connectivity index (χ2n) is 7.44. The summed E-state index contributed by atoms with van der Waals surface area (Å²) in [5.41, 5.74) is 0. The fraction of sp³-hybridized carbons (Fsp3) is 0.455. The molecule has 0 aliphatic heterocycles. The lowest BCUT2D eigenvalue weighted by Crippen LogP contribution is -2.34. The number of hydrogen-bond acceptors (Lipinski definition) is 1. The van der Waals surface area contributed by atoms with Crippen molar-refractivity contribution in [3.63, 3.8) is 0 Å². The highest BCUT2D eigenvalue weighted by atomic mass is 31.1. The minimum atomic E-state index is -0.744. The molecular formula is C22H29OP. The van der Waals surface area contributed by atoms with Crippen LogP contribution >= 0.6 is 8.15 Å². The standard InChI is InChI=1S/C22H29OP/c1-17(2)21-15-14-18(3)16-22(21)23-24(19-10-6-4-7-11-19)20-12-8-5-9-13-20/h4-13,17-18,21-22H,14-16H2,1-3H3. The first kappa shape index (κ1) is 17.6. The lowest BCUT2D eigenvalue weighted by molar-refractivity contribution is 0.0576. The molecule has 0 N–H and O–H groups in total. The molecule has 0 spiro atoms. The molecule has 3 atom stereocenters. The van der Waals surface area contributed by atoms with Crippen LogP contribution in [0.5, 0.6) is 0 Å². The van der Waals surface area contributed by atoms with Crippen LogP contribution in [0.15, 0.2) is 60.7 Å². The Kier molecular flexibility index (Phi) is 6.09. The first-order valence-corrected chi connectivity index (χ1v) is 10.5. The van der Waals surface area contributed by atoms with Gasteiger partial charge in [-0.3, -0.25) is 0 Å². The highest BCUT2D eigenvalue weighted by molar-refractivity contribution is 7.68. The summed E-state index contributed by atoms with van der Waals surface area (Å²) < 4.78 is 6.87. The predicted octanol–water partition coefficient (Wildman–Crippen LogP) is 5.51. The summed E-state index contributed by atoms with van der Waals surface area (Å²) in [5.74, 6) is 2.14. The molecule has 2 aromatic rings. The Morgan fingerprint density at radius 2 is 1.42 bits per heavy atom. The van der Waals surface area contributed by atoms with Gasteiger partial charge < -0.3 is 4.52 Å². The first-order valence-electron chi connectivity index (χ1n) is 9.22. The molecule has 0 heterocycles. The third-order valence-electron chi connectivity index (χ3n) is 5.18. The molecule has 1 aliphatic rings. The van der Waals surface area contributed by atoms with Crippen molar-refractivity contribution in [1.82, 2.24) is 0 Å². The van der Waals surface area contributed by atoms with Crippen molar-refractivity contribution in [2.45, 2.75) is 46.1 Å². The molecule has 1 aliphatic carbocycles. The second kappa shape index (κ2) is 8.28. The largest absolute Gasteiger partial charge is 0.346 e. The third-order valence-corrected chi connectivity index (χ3v) is 7.20. The normalized spacial score (nSPS) is 24.5. The van der Waals surface area contributed by atoms with Gasteiger partial charge in [-0.15, -0.1) is 0 Å². The molecular weight excluding hydrogens is 311 g/mol. The molecule has 128 valence electrons. The molecule has 1 nitrogen and oxygen atoms in total. The van der Waals surface area contributed by atoms with Gasteiger partial charge in [0.1, 0.15) is 0 Å². The maximum atomic E-state index is 6.87. The number of benzene rings is 2. The molecule has 2 aromatic carbocycles. The molecule has 3 rings (SSSR count). The average molecular weight is 340 g/mol. The van der Waals surface area contributed by atoms with Gasteiger partial charge in [0, 0.05) is 10.6 Å². The van der Waals surface area contributed by atoms with Gasteiger partial charge in [-0.1, -0.05) is 87.9 Å². The van der Waals surface area contributed by atoms with Crippen molar-refractivity contribution in [3.8, 4) is 0 Å². The van der Waals surface area contributed by atoms with Crippen LogP contribution in [0.4, 0.5) is 0 Å². The molecule has 2 heteroatoms. The molecule has 0 bridgehead atoms. The highest BCUT2D eigenvalue weighted by Crippen LogP contribution is 2.44. The van der Waals surface area contributed by atoms with Crippen LogP contribution in [-0.2, 0) is 4.52 Å². The van der Waals surface area contributed by atoms with Gasteiger partial charge in [0.25, 0.3) is 0 Å². The Bertz CT molecular complexity index is 571. The molecule has 24 heavy (non-hydrogen) atoms. The summed E-state index contributed by atoms with van der Waals surface area (Å²) in [7, 11) is -0.744. The molecule has 0 aromatic heterocycles. The van der Waals surface area contributed by atoms with Gasteiger partial charge in [0.15, 0.2) is 0 Å². The Morgan fingerprint density at radius 3 is 1.92 bits per heavy atom. The van der Waals surface area contributed by atoms with Gasteiger partial charge in [-0.05, 0) is 30.6 Å². The molecule has 0 radical (unpaired) electrons. The van der Waals surface area contributed by atoms with Crippen molar-refractivity contribution in [1.29, 1.82) is 0 Å². The van der Waals surface area contributed by atoms with Crippen LogP contribution in [0.2, 0.25) is 0 Å². The van der Waals surface area contributed by atoms with Crippen LogP contribution in [-0.4, -0.2) is 6.10 Å². The van der Waals surface area contributed by atoms with E-state index in [9.17, 15) is 0 Å². The third kappa shape index (κ3) is 4.26. The second-order valence-corrected chi connectivity index (χ2v) is 9.27. The summed E-state index contributed by atoms with van der Waals surface area (Å²) in [5, 5.41) is 2.64. The van der Waals surface area contributed by atoms with E-state index in [1.165, 1.54) is 29.9 Å². The maximum Gasteiger partial charge on any atom is 0.0921 e. The van der Waals surface area contributed by atoms with E-state index in [0.29, 0.717) is 17.9 Å². The summed E-state index contributed by atoms with van der Waals surface area (Å²) in [6.45, 7) is 7.08. The maximum absolute atomic E-state index is 6.87. The summed E-state index contributed by atoms with van der Waals surface area (Å²) in [6, 6.07) is 21.5. The predicted molar refractivity (Wildman–Crippen MR) is 105 cm³/mol. The van der Waals surface area contributed by atoms with Crippen molar-refractivity contribution in [2.24, 2.45) is 17.8 Å². The van der Waals surface area contributed by atoms with Crippen LogP contribution in [0, 0.1) is 17.8 Å². The average Bonchev–Trinajstić information content (AvgIpc) is 2.61. The smallest absolute Gasteiger partial charge is 0.0921 e. The van der Waals surface area contributed by atoms with E-state index in [1.54, 1.807) is 0 Å². The van der Waals surface area contributed by atoms with Crippen molar-refractivity contribution >= 4 is 18.8 Å². The van der Waals surface area contributed by atoms with Gasteiger partial charge in [-0.25, -0.2) is 0 Å². The van der Waals surface area contributed by atoms with E-state index >= 15 is 0 Å². The van der Waals surface area contributed by atoms with Crippen molar-refractivity contribution in [2.75, 3.05) is 0 Å². The van der Waals surface area contributed by atoms with Gasteiger partial charge in [0.05, 0.1) is 14.3 Å². The molecule has 3 unspecified atom stereocenters. The Labute approximate surface area is 148 Å². The fourth-order valence-electron chi connectivity index (χ4n) is 3.77. The van der Waals surface area contributed by atoms with Crippen molar-refractivity contribution in [3.05, 3.63) is 60.7 Å². The lowest BCUT2D eigenvalue weighted by Gasteiger charge is -2.39. The quantitative estimate of drug-likeness (QED) is 0.652. The SMILES string of the molecule is CC1CCC(C(C)C)C(OP(c2ccccc2)c2ccccc2)C1. The monoisotopic (exact) mass is 340 g/mol. The van der Waals surface area contributed by atoms with Crippen LogP contribution < -0.4 is 10.6 Å². The summed E-state index contributed by atoms with van der Waals surface area (Å²) >= 11 is 0. The van der Waals surface area contributed by atoms with Gasteiger partial charge in [-0.2, -0.15) is 0 Å². The highest BCUT2D eigenvalue weighted by Gasteiger charge is 2.34. The Morgan fingerprint density at radius 1 is 0.875 bits per heavy atom. The van der Waals surface area contributed by atoms with E-state index in [2.05, 4.69) is 81.4 Å². The fourth-order valence-corrected chi connectivity index (χ4v) is 5.71. The van der Waals surface area contributed by atoms with Crippen molar-refractivity contribution < 1.29 is 4.52 Å². The van der Waals surface area contributed by atoms with E-state index in [-0.39, 0.29) is 0 Å². The van der Waals surface area contributed by atoms with Crippen LogP contribution in [0.25, 0.3) is 0 Å². The van der Waals surface area contributed by atoms with E-state index in [0.717, 1.165) is 5.92 Å². The topological polar surface area (TPSA) is 9.23 Å². The van der Waals surface area contributed by atoms with Gasteiger partial charge >= 0.3 is 0 Å². The Balaban J connectivity index is 1.88. The lowest BCUT2D eigenvalue weighted by atomic mass is 9.75. The molecule has 0 amide bonds. The summed E-state index contributed by atoms with van der Waals surface area (Å²) in [4.78, 5) is 0. The summed E-state index contributed by atoms with van der Waals surface area (Å²) in [6.07, 6.45) is 4.22. The molecule has 1 fully saturated rings. The number of rotatable bonds is 5. The van der Waals surface area contributed by atoms with Gasteiger partial charge in [0.2, 0.25) is 0 Å². The van der Waals surface area contributed by atoms with E-state index in [4.69, 9.17) is 4.52 Å². The molecule has 0 saturated heterocycles. The number of hydrogen-bond donors (Lipinski definition) is 0. The zero-order chi connectivity index (χ0) is 16.9. The Hall–Kier alpha value is -1.17. The zero-order valence-electron chi connectivity index (χ0n) is 15.1. The molecule has 1 saturated carbocycles. The van der Waals surface area contributed by atoms with E-state index in [1.807, 2.05) is 0 Å². The minimum Gasteiger partial charge on any atom is -0.346 e. The van der Waals surface area contributed by atoms with Crippen LogP contribution in [0.3, 0.4) is 0 Å². The minimum absolute atomic E-state index is 0.375.